The smallest absolute Gasteiger partial charge is 0.205 e. The molecular formula is C10H14FNO2S. The number of hydrogen-bond acceptors (Lipinski definition) is 2. The Labute approximate surface area is 89.5 Å². The summed E-state index contributed by atoms with van der Waals surface area (Å²) in [5.41, 5.74) is 0.934. The number of aryl methyl sites for hydroxylation is 1. The minimum absolute atomic E-state index is 0.0238. The van der Waals surface area contributed by atoms with Crippen LogP contribution < -0.4 is 0 Å². The van der Waals surface area contributed by atoms with Gasteiger partial charge in [0.05, 0.1) is 10.9 Å². The lowest BCUT2D eigenvalue weighted by Gasteiger charge is -2.15. The highest BCUT2D eigenvalue weighted by molar-refractivity contribution is 7.89. The van der Waals surface area contributed by atoms with Crippen molar-refractivity contribution in [1.82, 2.24) is 4.53 Å². The zero-order chi connectivity index (χ0) is 11.6. The topological polar surface area (TPSA) is 37.4 Å². The summed E-state index contributed by atoms with van der Waals surface area (Å²) in [7, 11) is -3.99. The van der Waals surface area contributed by atoms with Crippen LogP contribution in [0.3, 0.4) is 0 Å². The minimum Gasteiger partial charge on any atom is -0.205 e. The molecule has 0 aromatic heterocycles. The SMILES string of the molecule is Cc1ccc(S(=O)(=O)N(F)C(C)C)cc1. The molecule has 0 amide bonds. The first-order chi connectivity index (χ1) is 6.85. The van der Waals surface area contributed by atoms with Gasteiger partial charge in [-0.15, -0.1) is 4.48 Å². The summed E-state index contributed by atoms with van der Waals surface area (Å²) in [4.78, 5) is -0.0238. The van der Waals surface area contributed by atoms with E-state index in [0.717, 1.165) is 5.56 Å². The van der Waals surface area contributed by atoms with E-state index in [2.05, 4.69) is 0 Å². The number of halogens is 1. The minimum atomic E-state index is -3.99. The maximum atomic E-state index is 13.3. The predicted molar refractivity (Wildman–Crippen MR) is 56.4 cm³/mol. The second-order valence-corrected chi connectivity index (χ2v) is 5.42. The van der Waals surface area contributed by atoms with Gasteiger partial charge in [0.15, 0.2) is 0 Å². The normalized spacial score (nSPS) is 12.4. The number of rotatable bonds is 3. The molecule has 5 heteroatoms. The van der Waals surface area contributed by atoms with Crippen LogP contribution in [0.1, 0.15) is 19.4 Å². The molecule has 15 heavy (non-hydrogen) atoms. The van der Waals surface area contributed by atoms with Gasteiger partial charge in [0.2, 0.25) is 0 Å². The Hall–Kier alpha value is -0.940. The molecule has 1 aromatic rings. The first kappa shape index (κ1) is 12.1. The van der Waals surface area contributed by atoms with Crippen molar-refractivity contribution in [3.05, 3.63) is 29.8 Å². The third-order valence-electron chi connectivity index (χ3n) is 1.95. The van der Waals surface area contributed by atoms with Crippen LogP contribution >= 0.6 is 0 Å². The summed E-state index contributed by atoms with van der Waals surface area (Å²) < 4.78 is 36.5. The average molecular weight is 231 g/mol. The van der Waals surface area contributed by atoms with E-state index < -0.39 is 16.1 Å². The van der Waals surface area contributed by atoms with Crippen molar-refractivity contribution in [2.45, 2.75) is 31.7 Å². The van der Waals surface area contributed by atoms with Crippen LogP contribution in [0.25, 0.3) is 0 Å². The number of sulfonamides is 1. The predicted octanol–water partition coefficient (Wildman–Crippen LogP) is 2.28. The molecule has 0 radical (unpaired) electrons. The van der Waals surface area contributed by atoms with E-state index in [1.807, 2.05) is 6.92 Å². The monoisotopic (exact) mass is 231 g/mol. The Balaban J connectivity index is 3.12. The molecule has 0 aliphatic carbocycles. The Morgan fingerprint density at radius 1 is 1.20 bits per heavy atom. The van der Waals surface area contributed by atoms with E-state index in [4.69, 9.17) is 0 Å². The summed E-state index contributed by atoms with van der Waals surface area (Å²) in [5, 5.41) is 0. The first-order valence-electron chi connectivity index (χ1n) is 4.62. The largest absolute Gasteiger partial charge is 0.269 e. The third kappa shape index (κ3) is 2.54. The Morgan fingerprint density at radius 3 is 2.07 bits per heavy atom. The molecule has 0 saturated heterocycles. The van der Waals surface area contributed by atoms with Crippen molar-refractivity contribution in [3.8, 4) is 0 Å². The van der Waals surface area contributed by atoms with Crippen LogP contribution in [-0.4, -0.2) is 19.0 Å². The van der Waals surface area contributed by atoms with Gasteiger partial charge in [0.1, 0.15) is 0 Å². The quantitative estimate of drug-likeness (QED) is 0.748. The Kier molecular flexibility index (Phi) is 3.46. The fourth-order valence-corrected chi connectivity index (χ4v) is 2.32. The lowest BCUT2D eigenvalue weighted by atomic mass is 10.2. The van der Waals surface area contributed by atoms with Gasteiger partial charge in [-0.2, -0.15) is 0 Å². The van der Waals surface area contributed by atoms with Crippen molar-refractivity contribution in [2.24, 2.45) is 0 Å². The highest BCUT2D eigenvalue weighted by atomic mass is 32.2. The Bertz CT molecular complexity index is 425. The van der Waals surface area contributed by atoms with E-state index in [1.165, 1.54) is 26.0 Å². The van der Waals surface area contributed by atoms with Crippen LogP contribution in [0.5, 0.6) is 0 Å². The van der Waals surface area contributed by atoms with E-state index >= 15 is 0 Å². The number of nitrogens with zero attached hydrogens (tertiary/aromatic N) is 1. The summed E-state index contributed by atoms with van der Waals surface area (Å²) in [6, 6.07) is 5.39. The zero-order valence-electron chi connectivity index (χ0n) is 8.94. The van der Waals surface area contributed by atoms with E-state index in [9.17, 15) is 12.9 Å². The van der Waals surface area contributed by atoms with Crippen molar-refractivity contribution < 1.29 is 12.9 Å². The van der Waals surface area contributed by atoms with Gasteiger partial charge in [-0.25, -0.2) is 8.42 Å². The molecule has 1 rings (SSSR count). The molecule has 0 fully saturated rings. The standard InChI is InChI=1S/C10H14FNO2S/c1-8(2)12(11)15(13,14)10-6-4-9(3)5-7-10/h4-8H,1-3H3. The van der Waals surface area contributed by atoms with Gasteiger partial charge < -0.3 is 0 Å². The molecule has 0 atom stereocenters. The maximum Gasteiger partial charge on any atom is 0.269 e. The first-order valence-corrected chi connectivity index (χ1v) is 6.06. The van der Waals surface area contributed by atoms with Crippen molar-refractivity contribution in [1.29, 1.82) is 0 Å². The molecule has 0 N–H and O–H groups in total. The third-order valence-corrected chi connectivity index (χ3v) is 3.70. The average Bonchev–Trinajstić information content (AvgIpc) is 2.17. The molecule has 0 bridgehead atoms. The van der Waals surface area contributed by atoms with Gasteiger partial charge in [0.25, 0.3) is 10.0 Å². The fraction of sp³-hybridized carbons (Fsp3) is 0.400. The molecule has 1 aromatic carbocycles. The van der Waals surface area contributed by atoms with Crippen LogP contribution in [0.15, 0.2) is 29.2 Å². The molecule has 0 spiro atoms. The van der Waals surface area contributed by atoms with Crippen molar-refractivity contribution >= 4 is 10.0 Å². The highest BCUT2D eigenvalue weighted by Crippen LogP contribution is 2.18. The lowest BCUT2D eigenvalue weighted by Crippen LogP contribution is -2.29. The molecule has 84 valence electrons. The van der Waals surface area contributed by atoms with E-state index in [-0.39, 0.29) is 9.42 Å². The molecule has 0 saturated carbocycles. The zero-order valence-corrected chi connectivity index (χ0v) is 9.75. The summed E-state index contributed by atoms with van der Waals surface area (Å²) in [6.45, 7) is 4.80. The van der Waals surface area contributed by atoms with E-state index in [0.29, 0.717) is 0 Å². The van der Waals surface area contributed by atoms with Crippen LogP contribution in [0.4, 0.5) is 4.48 Å². The lowest BCUT2D eigenvalue weighted by molar-refractivity contribution is 0.102. The van der Waals surface area contributed by atoms with Crippen LogP contribution in [-0.2, 0) is 10.0 Å². The second-order valence-electron chi connectivity index (χ2n) is 3.65. The molecule has 0 aliphatic heterocycles. The molecular weight excluding hydrogens is 217 g/mol. The van der Waals surface area contributed by atoms with E-state index in [1.54, 1.807) is 12.1 Å². The molecule has 0 aliphatic rings. The maximum absolute atomic E-state index is 13.3. The van der Waals surface area contributed by atoms with Gasteiger partial charge in [0, 0.05) is 0 Å². The van der Waals surface area contributed by atoms with Crippen LogP contribution in [0, 0.1) is 6.92 Å². The highest BCUT2D eigenvalue weighted by Gasteiger charge is 2.26. The van der Waals surface area contributed by atoms with Gasteiger partial charge >= 0.3 is 0 Å². The van der Waals surface area contributed by atoms with Gasteiger partial charge in [-0.3, -0.25) is 0 Å². The fourth-order valence-electron chi connectivity index (χ4n) is 1.09. The Morgan fingerprint density at radius 2 is 1.67 bits per heavy atom. The van der Waals surface area contributed by atoms with Crippen molar-refractivity contribution in [3.63, 3.8) is 0 Å². The summed E-state index contributed by atoms with van der Waals surface area (Å²) >= 11 is 0. The van der Waals surface area contributed by atoms with Crippen molar-refractivity contribution in [2.75, 3.05) is 0 Å². The number of benzene rings is 1. The molecule has 0 heterocycles. The summed E-state index contributed by atoms with van der Waals surface area (Å²) in [5.74, 6) is 0. The number of hydrogen-bond donors (Lipinski definition) is 0. The van der Waals surface area contributed by atoms with Gasteiger partial charge in [-0.05, 0) is 37.4 Å². The molecule has 0 unspecified atom stereocenters. The molecule has 3 nitrogen and oxygen atoms in total. The summed E-state index contributed by atoms with van der Waals surface area (Å²) in [6.07, 6.45) is 0. The van der Waals surface area contributed by atoms with Gasteiger partial charge in [-0.1, -0.05) is 17.7 Å². The second kappa shape index (κ2) is 4.28. The van der Waals surface area contributed by atoms with Crippen LogP contribution in [0.2, 0.25) is 0 Å².